The van der Waals surface area contributed by atoms with Gasteiger partial charge in [-0.2, -0.15) is 0 Å². The SMILES string of the molecule is CCCCC[C@@H](O)/C=C/C=C\C=C\C=C\[C@@H](O)[C@H](O)CCCC(=O)OC[C@H](CO)OC(=O)CCCCCCCCC(C)CC. The van der Waals surface area contributed by atoms with Crippen molar-refractivity contribution in [2.45, 2.75) is 148 Å². The normalized spacial score (nSPS) is 15.7. The standard InChI is InChI=1S/C36H62O8/c1-4-6-15-22-31(38)23-17-12-8-9-13-18-24-33(39)34(40)25-20-27-35(41)43-29-32(28-37)44-36(42)26-19-14-10-7-11-16-21-30(3)5-2/h8-9,12-13,17-18,23-24,30-34,37-40H,4-7,10-11,14-16,19-22,25-29H2,1-3H3/b12-8-,13-9+,23-17+,24-18+/t30?,31-,32+,33-,34-/m1/s1. The average Bonchev–Trinajstić information content (AvgIpc) is 3.01. The van der Waals surface area contributed by atoms with Crippen LogP contribution in [0, 0.1) is 5.92 Å². The molecule has 254 valence electrons. The van der Waals surface area contributed by atoms with Crippen molar-refractivity contribution in [2.75, 3.05) is 13.2 Å². The van der Waals surface area contributed by atoms with Crippen LogP contribution in [0.2, 0.25) is 0 Å². The summed E-state index contributed by atoms with van der Waals surface area (Å²) in [7, 11) is 0. The van der Waals surface area contributed by atoms with Crippen LogP contribution in [0.4, 0.5) is 0 Å². The number of carbonyl (C=O) groups excluding carboxylic acids is 2. The molecule has 0 heterocycles. The van der Waals surface area contributed by atoms with Crippen molar-refractivity contribution >= 4 is 11.9 Å². The second-order valence-electron chi connectivity index (χ2n) is 11.7. The number of aliphatic hydroxyl groups excluding tert-OH is 4. The fourth-order valence-corrected chi connectivity index (χ4v) is 4.38. The summed E-state index contributed by atoms with van der Waals surface area (Å²) in [4.78, 5) is 24.1. The Bertz CT molecular complexity index is 819. The van der Waals surface area contributed by atoms with E-state index in [1.54, 1.807) is 36.5 Å². The van der Waals surface area contributed by atoms with Crippen molar-refractivity contribution in [3.63, 3.8) is 0 Å². The van der Waals surface area contributed by atoms with E-state index in [4.69, 9.17) is 9.47 Å². The molecule has 0 aromatic heterocycles. The predicted molar refractivity (Wildman–Crippen MR) is 177 cm³/mol. The Balaban J connectivity index is 4.04. The highest BCUT2D eigenvalue weighted by Crippen LogP contribution is 2.15. The van der Waals surface area contributed by atoms with Gasteiger partial charge in [-0.05, 0) is 31.6 Å². The van der Waals surface area contributed by atoms with Gasteiger partial charge in [0.25, 0.3) is 0 Å². The lowest BCUT2D eigenvalue weighted by Crippen LogP contribution is -2.28. The molecule has 0 fully saturated rings. The van der Waals surface area contributed by atoms with Crippen molar-refractivity contribution in [2.24, 2.45) is 5.92 Å². The van der Waals surface area contributed by atoms with Crippen LogP contribution in [-0.4, -0.2) is 70.0 Å². The third-order valence-corrected chi connectivity index (χ3v) is 7.53. The minimum absolute atomic E-state index is 0.0302. The van der Waals surface area contributed by atoms with Crippen LogP contribution in [0.5, 0.6) is 0 Å². The molecule has 0 amide bonds. The Hall–Kier alpha value is -2.26. The zero-order valence-corrected chi connectivity index (χ0v) is 27.7. The number of esters is 2. The highest BCUT2D eigenvalue weighted by atomic mass is 16.6. The summed E-state index contributed by atoms with van der Waals surface area (Å²) in [5.74, 6) is -0.138. The summed E-state index contributed by atoms with van der Waals surface area (Å²) in [5, 5.41) is 39.6. The Kier molecular flexibility index (Phi) is 27.9. The van der Waals surface area contributed by atoms with Crippen LogP contribution in [0.1, 0.15) is 124 Å². The fraction of sp³-hybridized carbons (Fsp3) is 0.722. The zero-order valence-electron chi connectivity index (χ0n) is 27.7. The summed E-state index contributed by atoms with van der Waals surface area (Å²) in [6.45, 7) is 5.98. The molecule has 0 aliphatic rings. The molecule has 8 heteroatoms. The predicted octanol–water partition coefficient (Wildman–Crippen LogP) is 6.66. The minimum atomic E-state index is -1.08. The molecule has 0 aromatic rings. The van der Waals surface area contributed by atoms with Crippen LogP contribution >= 0.6 is 0 Å². The third kappa shape index (κ3) is 26.2. The number of carbonyl (C=O) groups is 2. The maximum Gasteiger partial charge on any atom is 0.306 e. The Labute approximate surface area is 266 Å². The van der Waals surface area contributed by atoms with E-state index >= 15 is 0 Å². The van der Waals surface area contributed by atoms with Gasteiger partial charge in [0, 0.05) is 12.8 Å². The maximum absolute atomic E-state index is 12.1. The minimum Gasteiger partial charge on any atom is -0.462 e. The maximum atomic E-state index is 12.1. The summed E-state index contributed by atoms with van der Waals surface area (Å²) >= 11 is 0. The lowest BCUT2D eigenvalue weighted by molar-refractivity contribution is -0.161. The number of aliphatic hydroxyl groups is 4. The zero-order chi connectivity index (χ0) is 32.8. The molecule has 5 atom stereocenters. The smallest absolute Gasteiger partial charge is 0.306 e. The van der Waals surface area contributed by atoms with Crippen molar-refractivity contribution in [3.8, 4) is 0 Å². The molecule has 1 unspecified atom stereocenters. The van der Waals surface area contributed by atoms with Crippen LogP contribution < -0.4 is 0 Å². The Morgan fingerprint density at radius 1 is 0.682 bits per heavy atom. The number of hydrogen-bond acceptors (Lipinski definition) is 8. The first-order chi connectivity index (χ1) is 21.2. The number of hydrogen-bond donors (Lipinski definition) is 4. The topological polar surface area (TPSA) is 134 Å². The Morgan fingerprint density at radius 2 is 1.27 bits per heavy atom. The quantitative estimate of drug-likeness (QED) is 0.0433. The Morgan fingerprint density at radius 3 is 1.93 bits per heavy atom. The molecule has 0 radical (unpaired) electrons. The first kappa shape index (κ1) is 41.7. The third-order valence-electron chi connectivity index (χ3n) is 7.53. The van der Waals surface area contributed by atoms with E-state index in [0.29, 0.717) is 6.42 Å². The molecule has 0 aliphatic carbocycles. The van der Waals surface area contributed by atoms with E-state index in [1.165, 1.54) is 38.2 Å². The van der Waals surface area contributed by atoms with Gasteiger partial charge in [0.05, 0.1) is 24.9 Å². The van der Waals surface area contributed by atoms with Crippen LogP contribution in [0.3, 0.4) is 0 Å². The van der Waals surface area contributed by atoms with Gasteiger partial charge in [0.15, 0.2) is 6.10 Å². The first-order valence-corrected chi connectivity index (χ1v) is 16.9. The molecular formula is C36H62O8. The average molecular weight is 623 g/mol. The molecular weight excluding hydrogens is 560 g/mol. The number of unbranched alkanes of at least 4 members (excludes halogenated alkanes) is 7. The summed E-state index contributed by atoms with van der Waals surface area (Å²) in [5.41, 5.74) is 0. The molecule has 0 saturated carbocycles. The number of allylic oxidation sites excluding steroid dienone is 6. The van der Waals surface area contributed by atoms with Gasteiger partial charge < -0.3 is 29.9 Å². The molecule has 0 aromatic carbocycles. The summed E-state index contributed by atoms with van der Waals surface area (Å²) in [6, 6.07) is 0. The van der Waals surface area contributed by atoms with E-state index < -0.39 is 43.0 Å². The summed E-state index contributed by atoms with van der Waals surface area (Å²) in [6.07, 6.45) is 24.1. The number of ether oxygens (including phenoxy) is 2. The van der Waals surface area contributed by atoms with Crippen LogP contribution in [0.15, 0.2) is 48.6 Å². The molecule has 4 N–H and O–H groups in total. The van der Waals surface area contributed by atoms with Gasteiger partial charge in [0.1, 0.15) is 6.61 Å². The van der Waals surface area contributed by atoms with E-state index in [1.807, 2.05) is 6.08 Å². The molecule has 0 spiro atoms. The molecule has 44 heavy (non-hydrogen) atoms. The molecule has 0 bridgehead atoms. The second-order valence-corrected chi connectivity index (χ2v) is 11.7. The second kappa shape index (κ2) is 29.5. The van der Waals surface area contributed by atoms with E-state index in [0.717, 1.165) is 50.9 Å². The molecule has 8 nitrogen and oxygen atoms in total. The van der Waals surface area contributed by atoms with Crippen molar-refractivity contribution in [3.05, 3.63) is 48.6 Å². The summed E-state index contributed by atoms with van der Waals surface area (Å²) < 4.78 is 10.4. The fourth-order valence-electron chi connectivity index (χ4n) is 4.38. The highest BCUT2D eigenvalue weighted by Gasteiger charge is 2.17. The van der Waals surface area contributed by atoms with Gasteiger partial charge in [0.2, 0.25) is 0 Å². The van der Waals surface area contributed by atoms with Gasteiger partial charge in [-0.25, -0.2) is 0 Å². The van der Waals surface area contributed by atoms with Gasteiger partial charge >= 0.3 is 11.9 Å². The molecule has 0 aliphatic heterocycles. The van der Waals surface area contributed by atoms with E-state index in [9.17, 15) is 30.0 Å². The first-order valence-electron chi connectivity index (χ1n) is 16.9. The van der Waals surface area contributed by atoms with E-state index in [-0.39, 0.29) is 25.9 Å². The van der Waals surface area contributed by atoms with E-state index in [2.05, 4.69) is 20.8 Å². The highest BCUT2D eigenvalue weighted by molar-refractivity contribution is 5.70. The molecule has 0 saturated heterocycles. The van der Waals surface area contributed by atoms with Crippen molar-refractivity contribution < 1.29 is 39.5 Å². The van der Waals surface area contributed by atoms with Crippen LogP contribution in [0.25, 0.3) is 0 Å². The van der Waals surface area contributed by atoms with Gasteiger partial charge in [-0.15, -0.1) is 0 Å². The van der Waals surface area contributed by atoms with Gasteiger partial charge in [-0.3, -0.25) is 9.59 Å². The monoisotopic (exact) mass is 622 g/mol. The largest absolute Gasteiger partial charge is 0.462 e. The lowest BCUT2D eigenvalue weighted by atomic mass is 10.00. The molecule has 0 rings (SSSR count). The van der Waals surface area contributed by atoms with Crippen molar-refractivity contribution in [1.29, 1.82) is 0 Å². The lowest BCUT2D eigenvalue weighted by Gasteiger charge is -2.16. The van der Waals surface area contributed by atoms with Crippen LogP contribution in [-0.2, 0) is 19.1 Å². The van der Waals surface area contributed by atoms with Gasteiger partial charge in [-0.1, -0.05) is 134 Å². The van der Waals surface area contributed by atoms with Crippen molar-refractivity contribution in [1.82, 2.24) is 0 Å². The number of rotatable bonds is 28.